The van der Waals surface area contributed by atoms with Gasteiger partial charge in [0.1, 0.15) is 12.4 Å². The van der Waals surface area contributed by atoms with Crippen molar-refractivity contribution in [2.45, 2.75) is 32.0 Å². The molecule has 1 heterocycles. The molecule has 106 valence electrons. The summed E-state index contributed by atoms with van der Waals surface area (Å²) in [5.74, 6) is 0.715. The van der Waals surface area contributed by atoms with Crippen LogP contribution in [-0.4, -0.2) is 6.04 Å². The Labute approximate surface area is 136 Å². The number of ether oxygens (including phenoxy) is 1. The minimum absolute atomic E-state index is 0.560. The van der Waals surface area contributed by atoms with Crippen molar-refractivity contribution in [1.82, 2.24) is 5.32 Å². The molecular weight excluding hydrogens is 358 g/mol. The summed E-state index contributed by atoms with van der Waals surface area (Å²) in [6.45, 7) is 1.53. The lowest BCUT2D eigenvalue weighted by molar-refractivity contribution is 0.310. The second-order valence-corrected chi connectivity index (χ2v) is 7.46. The number of hydrogen-bond acceptors (Lipinski definition) is 3. The zero-order valence-electron chi connectivity index (χ0n) is 10.9. The molecule has 0 atom stereocenters. The molecule has 1 aliphatic rings. The molecule has 3 rings (SSSR count). The third-order valence-electron chi connectivity index (χ3n) is 3.12. The summed E-state index contributed by atoms with van der Waals surface area (Å²) in [7, 11) is 0. The van der Waals surface area contributed by atoms with Crippen molar-refractivity contribution in [3.63, 3.8) is 0 Å². The van der Waals surface area contributed by atoms with Crippen LogP contribution >= 0.6 is 38.9 Å². The molecule has 0 saturated heterocycles. The van der Waals surface area contributed by atoms with Gasteiger partial charge < -0.3 is 10.1 Å². The van der Waals surface area contributed by atoms with E-state index in [-0.39, 0.29) is 0 Å². The first-order chi connectivity index (χ1) is 9.70. The van der Waals surface area contributed by atoms with E-state index in [4.69, 9.17) is 16.3 Å². The van der Waals surface area contributed by atoms with E-state index in [1.165, 1.54) is 22.6 Å². The van der Waals surface area contributed by atoms with Gasteiger partial charge in [0.15, 0.2) is 0 Å². The van der Waals surface area contributed by atoms with E-state index >= 15 is 0 Å². The highest BCUT2D eigenvalue weighted by Gasteiger charge is 2.20. The van der Waals surface area contributed by atoms with Crippen LogP contribution in [0.1, 0.15) is 22.6 Å². The molecule has 20 heavy (non-hydrogen) atoms. The summed E-state index contributed by atoms with van der Waals surface area (Å²) in [6, 6.07) is 10.7. The molecule has 1 fully saturated rings. The Morgan fingerprint density at radius 3 is 2.85 bits per heavy atom. The fourth-order valence-electron chi connectivity index (χ4n) is 1.86. The van der Waals surface area contributed by atoms with Crippen LogP contribution in [0, 0.1) is 0 Å². The van der Waals surface area contributed by atoms with Crippen molar-refractivity contribution in [3.05, 3.63) is 49.6 Å². The smallest absolute Gasteiger partial charge is 0.139 e. The third kappa shape index (κ3) is 3.98. The number of thiophene rings is 1. The van der Waals surface area contributed by atoms with E-state index in [0.717, 1.165) is 17.1 Å². The van der Waals surface area contributed by atoms with Gasteiger partial charge in [-0.15, -0.1) is 11.3 Å². The van der Waals surface area contributed by atoms with Gasteiger partial charge in [-0.1, -0.05) is 27.5 Å². The summed E-state index contributed by atoms with van der Waals surface area (Å²) >= 11 is 11.3. The summed E-state index contributed by atoms with van der Waals surface area (Å²) in [4.78, 5) is 2.57. The van der Waals surface area contributed by atoms with Crippen LogP contribution in [-0.2, 0) is 13.2 Å². The zero-order valence-corrected chi connectivity index (χ0v) is 14.0. The number of rotatable bonds is 6. The van der Waals surface area contributed by atoms with Gasteiger partial charge in [0.05, 0.1) is 5.02 Å². The highest BCUT2D eigenvalue weighted by atomic mass is 79.9. The van der Waals surface area contributed by atoms with Crippen molar-refractivity contribution in [2.75, 3.05) is 0 Å². The van der Waals surface area contributed by atoms with Crippen molar-refractivity contribution < 1.29 is 4.74 Å². The summed E-state index contributed by atoms with van der Waals surface area (Å²) in [5.41, 5.74) is 0. The Kier molecular flexibility index (Phi) is 4.66. The molecule has 0 aliphatic heterocycles. The van der Waals surface area contributed by atoms with Gasteiger partial charge in [-0.2, -0.15) is 0 Å². The predicted molar refractivity (Wildman–Crippen MR) is 87.7 cm³/mol. The van der Waals surface area contributed by atoms with E-state index in [9.17, 15) is 0 Å². The maximum Gasteiger partial charge on any atom is 0.139 e. The number of hydrogen-bond donors (Lipinski definition) is 1. The molecule has 0 bridgehead atoms. The lowest BCUT2D eigenvalue weighted by atomic mass is 10.3. The Morgan fingerprint density at radius 2 is 2.05 bits per heavy atom. The first kappa shape index (κ1) is 14.4. The Hall–Kier alpha value is -0.550. The molecule has 1 N–H and O–H groups in total. The molecule has 1 aliphatic carbocycles. The lowest BCUT2D eigenvalue weighted by Gasteiger charge is -2.07. The van der Waals surface area contributed by atoms with Gasteiger partial charge in [-0.05, 0) is 43.2 Å². The topological polar surface area (TPSA) is 21.3 Å². The summed E-state index contributed by atoms with van der Waals surface area (Å²) in [6.07, 6.45) is 2.64. The Balaban J connectivity index is 1.55. The van der Waals surface area contributed by atoms with Crippen LogP contribution in [0.2, 0.25) is 5.02 Å². The van der Waals surface area contributed by atoms with E-state index in [0.29, 0.717) is 17.4 Å². The van der Waals surface area contributed by atoms with Gasteiger partial charge in [0, 0.05) is 26.8 Å². The molecule has 1 saturated carbocycles. The first-order valence-electron chi connectivity index (χ1n) is 6.59. The van der Waals surface area contributed by atoms with Crippen molar-refractivity contribution in [3.8, 4) is 5.75 Å². The second kappa shape index (κ2) is 6.48. The van der Waals surface area contributed by atoms with Crippen molar-refractivity contribution >= 4 is 38.9 Å². The van der Waals surface area contributed by atoms with Crippen LogP contribution in [0.5, 0.6) is 5.75 Å². The summed E-state index contributed by atoms with van der Waals surface area (Å²) in [5, 5.41) is 4.16. The summed E-state index contributed by atoms with van der Waals surface area (Å²) < 4.78 is 6.75. The third-order valence-corrected chi connectivity index (χ3v) is 4.99. The maximum atomic E-state index is 6.11. The Bertz CT molecular complexity index is 597. The molecular formula is C15H15BrClNOS. The number of benzene rings is 1. The van der Waals surface area contributed by atoms with Crippen LogP contribution in [0.15, 0.2) is 34.8 Å². The van der Waals surface area contributed by atoms with E-state index in [1.54, 1.807) is 11.3 Å². The fraction of sp³-hybridized carbons (Fsp3) is 0.333. The van der Waals surface area contributed by atoms with Gasteiger partial charge in [0.25, 0.3) is 0 Å². The van der Waals surface area contributed by atoms with Crippen LogP contribution in [0.25, 0.3) is 0 Å². The lowest BCUT2D eigenvalue weighted by Crippen LogP contribution is -2.14. The van der Waals surface area contributed by atoms with Gasteiger partial charge in [-0.25, -0.2) is 0 Å². The molecule has 0 unspecified atom stereocenters. The molecule has 1 aromatic heterocycles. The number of nitrogens with one attached hydrogen (secondary N) is 1. The van der Waals surface area contributed by atoms with Gasteiger partial charge >= 0.3 is 0 Å². The van der Waals surface area contributed by atoms with Gasteiger partial charge in [0.2, 0.25) is 0 Å². The monoisotopic (exact) mass is 371 g/mol. The second-order valence-electron chi connectivity index (χ2n) is 4.89. The van der Waals surface area contributed by atoms with Crippen LogP contribution in [0.4, 0.5) is 0 Å². The van der Waals surface area contributed by atoms with E-state index in [1.807, 2.05) is 18.2 Å². The van der Waals surface area contributed by atoms with Crippen molar-refractivity contribution in [1.29, 1.82) is 0 Å². The average Bonchev–Trinajstić information content (AvgIpc) is 3.16. The fourth-order valence-corrected chi connectivity index (χ4v) is 3.26. The molecule has 0 amide bonds. The first-order valence-corrected chi connectivity index (χ1v) is 8.58. The standard InChI is InChI=1S/C15H15BrClNOS/c16-10-1-6-14(17)15(7-10)19-9-13-5-4-12(20-13)8-18-11-2-3-11/h1,4-7,11,18H,2-3,8-9H2. The van der Waals surface area contributed by atoms with Gasteiger partial charge in [-0.3, -0.25) is 0 Å². The average molecular weight is 373 g/mol. The molecule has 0 radical (unpaired) electrons. The highest BCUT2D eigenvalue weighted by Crippen LogP contribution is 2.29. The Morgan fingerprint density at radius 1 is 1.25 bits per heavy atom. The maximum absolute atomic E-state index is 6.11. The van der Waals surface area contributed by atoms with E-state index in [2.05, 4.69) is 33.4 Å². The van der Waals surface area contributed by atoms with Crippen LogP contribution < -0.4 is 10.1 Å². The van der Waals surface area contributed by atoms with E-state index < -0.39 is 0 Å². The van der Waals surface area contributed by atoms with Crippen LogP contribution in [0.3, 0.4) is 0 Å². The molecule has 2 aromatic rings. The highest BCUT2D eigenvalue weighted by molar-refractivity contribution is 9.10. The zero-order chi connectivity index (χ0) is 13.9. The normalized spacial score (nSPS) is 14.5. The van der Waals surface area contributed by atoms with Crippen molar-refractivity contribution in [2.24, 2.45) is 0 Å². The predicted octanol–water partition coefficient (Wildman–Crippen LogP) is 5.00. The molecule has 2 nitrogen and oxygen atoms in total. The SMILES string of the molecule is Clc1ccc(Br)cc1OCc1ccc(CNC2CC2)s1. The molecule has 0 spiro atoms. The quantitative estimate of drug-likeness (QED) is 0.771. The minimum Gasteiger partial charge on any atom is -0.486 e. The number of halogens is 2. The largest absolute Gasteiger partial charge is 0.486 e. The molecule has 5 heteroatoms. The molecule has 1 aromatic carbocycles. The minimum atomic E-state index is 0.560.